The molecule has 0 aliphatic carbocycles. The van der Waals surface area contributed by atoms with Crippen LogP contribution in [-0.4, -0.2) is 50.3 Å². The molecule has 1 aliphatic heterocycles. The fraction of sp³-hybridized carbons (Fsp3) is 0.172. The van der Waals surface area contributed by atoms with Crippen LogP contribution >= 0.6 is 0 Å². The highest BCUT2D eigenvalue weighted by molar-refractivity contribution is 6.35. The van der Waals surface area contributed by atoms with Gasteiger partial charge in [-0.3, -0.25) is 4.79 Å². The standard InChI is InChI=1S/C29H23BF4N4O6/c1-15-10-16(2)37(3)25(15)14-20-6-5-19(38(20)30(33)34)7-9-26(39)44-27-22(31)12-18(13-23(27)32)35-36-24-11-17(28(40)41)4-8-21(24)29(42)43/h4-6,8,10-14H,7,9H2,1-3H3,(H-,40,41,42,43)/p+1/b36-35+. The highest BCUT2D eigenvalue weighted by Crippen LogP contribution is 2.30. The van der Waals surface area contributed by atoms with Crippen LogP contribution in [0.25, 0.3) is 6.08 Å². The van der Waals surface area contributed by atoms with Crippen LogP contribution in [0.15, 0.2) is 64.5 Å². The molecule has 0 bridgehead atoms. The summed E-state index contributed by atoms with van der Waals surface area (Å²) in [6, 6.07) is 6.20. The molecule has 0 spiro atoms. The number of hydrogen-bond donors (Lipinski definition) is 2. The molecule has 0 saturated carbocycles. The van der Waals surface area contributed by atoms with Crippen molar-refractivity contribution in [1.82, 2.24) is 4.57 Å². The Kier molecular flexibility index (Phi) is 9.26. The maximum atomic E-state index is 14.7. The Morgan fingerprint density at radius 1 is 1.00 bits per heavy atom. The molecule has 3 aromatic rings. The Bertz CT molecular complexity index is 1790. The number of carboxylic acids is 2. The van der Waals surface area contributed by atoms with E-state index >= 15 is 0 Å². The smallest absolute Gasteiger partial charge is 0.478 e. The molecular formula is C29H24BF4N4O6+. The normalized spacial score (nSPS) is 13.8. The third-order valence-electron chi connectivity index (χ3n) is 6.77. The number of carbonyl (C=O) groups is 3. The number of carbonyl (C=O) groups excluding carboxylic acids is 1. The van der Waals surface area contributed by atoms with Gasteiger partial charge in [-0.1, -0.05) is 0 Å². The number of hydrogen-bond acceptors (Lipinski definition) is 6. The molecule has 10 nitrogen and oxygen atoms in total. The summed E-state index contributed by atoms with van der Waals surface area (Å²) in [5, 5.41) is 25.6. The molecule has 4 rings (SSSR count). The summed E-state index contributed by atoms with van der Waals surface area (Å²) >= 11 is 0. The third kappa shape index (κ3) is 6.82. The number of benzene rings is 2. The SMILES string of the molecule is Cc1cc(C)n(C)c1/C=C1/C=CC(CCC(=O)Oc2c(F)cc(/N=N/c3cc(C(=O)O)ccc3C(=O)O)cc2F)=[N+]1B(F)F. The first kappa shape index (κ1) is 31.6. The fourth-order valence-corrected chi connectivity index (χ4v) is 4.49. The number of azo groups is 1. The van der Waals surface area contributed by atoms with Gasteiger partial charge in [-0.05, 0) is 43.7 Å². The summed E-state index contributed by atoms with van der Waals surface area (Å²) < 4.78 is 64.8. The van der Waals surface area contributed by atoms with Crippen LogP contribution in [0.3, 0.4) is 0 Å². The van der Waals surface area contributed by atoms with E-state index in [0.29, 0.717) is 12.1 Å². The molecule has 2 heterocycles. The molecule has 0 unspecified atom stereocenters. The molecule has 0 atom stereocenters. The largest absolute Gasteiger partial charge is 0.934 e. The first-order valence-electron chi connectivity index (χ1n) is 12.9. The predicted molar refractivity (Wildman–Crippen MR) is 151 cm³/mol. The van der Waals surface area contributed by atoms with Gasteiger partial charge in [-0.2, -0.15) is 5.11 Å². The lowest BCUT2D eigenvalue weighted by atomic mass is 10.1. The molecule has 0 radical (unpaired) electrons. The van der Waals surface area contributed by atoms with E-state index in [1.165, 1.54) is 12.2 Å². The van der Waals surface area contributed by atoms with Crippen LogP contribution in [0.4, 0.5) is 28.8 Å². The number of aromatic carboxylic acids is 2. The van der Waals surface area contributed by atoms with Crippen molar-refractivity contribution >= 4 is 48.5 Å². The van der Waals surface area contributed by atoms with Crippen molar-refractivity contribution in [3.05, 3.63) is 94.0 Å². The molecule has 2 N–H and O–H groups in total. The number of rotatable bonds is 10. The van der Waals surface area contributed by atoms with Gasteiger partial charge in [0.25, 0.3) is 0 Å². The van der Waals surface area contributed by atoms with Gasteiger partial charge in [0, 0.05) is 49.5 Å². The first-order chi connectivity index (χ1) is 20.8. The average Bonchev–Trinajstić information content (AvgIpc) is 3.47. The van der Waals surface area contributed by atoms with E-state index in [2.05, 4.69) is 10.2 Å². The number of halogens is 4. The molecule has 44 heavy (non-hydrogen) atoms. The van der Waals surface area contributed by atoms with Crippen molar-refractivity contribution in [3.8, 4) is 5.75 Å². The molecule has 0 fully saturated rings. The van der Waals surface area contributed by atoms with E-state index in [-0.39, 0.29) is 29.1 Å². The molecule has 226 valence electrons. The molecule has 15 heteroatoms. The maximum Gasteiger partial charge on any atom is 0.934 e. The van der Waals surface area contributed by atoms with Crippen molar-refractivity contribution < 1.29 is 51.2 Å². The number of ether oxygens (including phenoxy) is 1. The number of esters is 1. The molecule has 2 aromatic carbocycles. The van der Waals surface area contributed by atoms with Gasteiger partial charge >= 0.3 is 25.3 Å². The zero-order valence-corrected chi connectivity index (χ0v) is 23.5. The Morgan fingerprint density at radius 2 is 1.68 bits per heavy atom. The molecule has 1 aromatic heterocycles. The molecule has 0 amide bonds. The Labute approximate surface area is 248 Å². The maximum absolute atomic E-state index is 14.7. The van der Waals surface area contributed by atoms with E-state index in [1.807, 2.05) is 31.5 Å². The minimum absolute atomic E-state index is 0.108. The minimum Gasteiger partial charge on any atom is -0.478 e. The molecule has 0 saturated heterocycles. The zero-order chi connectivity index (χ0) is 32.3. The van der Waals surface area contributed by atoms with E-state index in [9.17, 15) is 36.9 Å². The lowest BCUT2D eigenvalue weighted by Gasteiger charge is -2.07. The van der Waals surface area contributed by atoms with Crippen LogP contribution < -0.4 is 4.74 Å². The monoisotopic (exact) mass is 611 g/mol. The number of allylic oxidation sites excluding steroid dienone is 2. The van der Waals surface area contributed by atoms with E-state index in [0.717, 1.165) is 39.6 Å². The molecule has 1 aliphatic rings. The minimum atomic E-state index is -2.92. The van der Waals surface area contributed by atoms with Crippen molar-refractivity contribution in [2.75, 3.05) is 0 Å². The third-order valence-corrected chi connectivity index (χ3v) is 6.77. The number of carboxylic acid groups (broad SMARTS) is 2. The van der Waals surface area contributed by atoms with Gasteiger partial charge in [0.05, 0.1) is 28.9 Å². The van der Waals surface area contributed by atoms with Crippen molar-refractivity contribution in [2.45, 2.75) is 26.7 Å². The van der Waals surface area contributed by atoms with Gasteiger partial charge < -0.3 is 19.5 Å². The molecular weight excluding hydrogens is 587 g/mol. The second-order valence-corrected chi connectivity index (χ2v) is 9.71. The number of aromatic nitrogens is 1. The highest BCUT2D eigenvalue weighted by Gasteiger charge is 2.42. The topological polar surface area (TPSA) is 134 Å². The van der Waals surface area contributed by atoms with Crippen LogP contribution in [-0.2, 0) is 11.8 Å². The summed E-state index contributed by atoms with van der Waals surface area (Å²) in [4.78, 5) is 35.0. The Morgan fingerprint density at radius 3 is 2.25 bits per heavy atom. The van der Waals surface area contributed by atoms with Crippen LogP contribution in [0, 0.1) is 25.5 Å². The second kappa shape index (κ2) is 12.9. The van der Waals surface area contributed by atoms with Crippen LogP contribution in [0.2, 0.25) is 0 Å². The zero-order valence-electron chi connectivity index (χ0n) is 23.5. The van der Waals surface area contributed by atoms with E-state index < -0.39 is 60.4 Å². The van der Waals surface area contributed by atoms with Gasteiger partial charge in [0.2, 0.25) is 5.75 Å². The summed E-state index contributed by atoms with van der Waals surface area (Å²) in [7, 11) is -1.11. The summed E-state index contributed by atoms with van der Waals surface area (Å²) in [6.07, 6.45) is 3.83. The summed E-state index contributed by atoms with van der Waals surface area (Å²) in [5.41, 5.74) is 1.38. The fourth-order valence-electron chi connectivity index (χ4n) is 4.49. The predicted octanol–water partition coefficient (Wildman–Crippen LogP) is 6.41. The summed E-state index contributed by atoms with van der Waals surface area (Å²) in [6.45, 7) is 3.74. The van der Waals surface area contributed by atoms with Crippen molar-refractivity contribution in [2.24, 2.45) is 17.3 Å². The van der Waals surface area contributed by atoms with Crippen molar-refractivity contribution in [1.29, 1.82) is 0 Å². The lowest BCUT2D eigenvalue weighted by Crippen LogP contribution is -2.25. The number of aryl methyl sites for hydroxylation is 2. The van der Waals surface area contributed by atoms with E-state index in [4.69, 9.17) is 9.84 Å². The van der Waals surface area contributed by atoms with E-state index in [1.54, 1.807) is 6.08 Å². The van der Waals surface area contributed by atoms with Gasteiger partial charge in [0.15, 0.2) is 23.0 Å². The second-order valence-electron chi connectivity index (χ2n) is 9.71. The lowest BCUT2D eigenvalue weighted by molar-refractivity contribution is -0.342. The van der Waals surface area contributed by atoms with Crippen molar-refractivity contribution in [3.63, 3.8) is 0 Å². The highest BCUT2D eigenvalue weighted by atomic mass is 19.2. The Balaban J connectivity index is 1.49. The first-order valence-corrected chi connectivity index (χ1v) is 12.9. The summed E-state index contributed by atoms with van der Waals surface area (Å²) in [5.74, 6) is -7.62. The van der Waals surface area contributed by atoms with Gasteiger partial charge in [-0.25, -0.2) is 31.5 Å². The van der Waals surface area contributed by atoms with Gasteiger partial charge in [-0.15, -0.1) is 5.11 Å². The van der Waals surface area contributed by atoms with Gasteiger partial charge in [0.1, 0.15) is 5.69 Å². The van der Waals surface area contributed by atoms with Crippen LogP contribution in [0.1, 0.15) is 50.5 Å². The Hall–Kier alpha value is -5.34. The van der Waals surface area contributed by atoms with Crippen LogP contribution in [0.5, 0.6) is 5.75 Å². The average molecular weight is 611 g/mol. The number of nitrogens with zero attached hydrogens (tertiary/aromatic N) is 4. The quantitative estimate of drug-likeness (QED) is 0.0896.